The fraction of sp³-hybridized carbons (Fsp3) is 0.867. The summed E-state index contributed by atoms with van der Waals surface area (Å²) < 4.78 is 0. The van der Waals surface area contributed by atoms with Gasteiger partial charge in [-0.2, -0.15) is 0 Å². The summed E-state index contributed by atoms with van der Waals surface area (Å²) in [5, 5.41) is 12.0. The van der Waals surface area contributed by atoms with Crippen LogP contribution < -0.4 is 5.32 Å². The number of hydrogen-bond donors (Lipinski definition) is 2. The summed E-state index contributed by atoms with van der Waals surface area (Å²) in [6, 6.07) is 0.0729. The van der Waals surface area contributed by atoms with Gasteiger partial charge in [0.15, 0.2) is 0 Å². The van der Waals surface area contributed by atoms with E-state index in [1.54, 1.807) is 11.8 Å². The lowest BCUT2D eigenvalue weighted by atomic mass is 9.75. The van der Waals surface area contributed by atoms with E-state index in [1.807, 2.05) is 6.92 Å². The molecular formula is C15H28N2O3. The Morgan fingerprint density at radius 1 is 1.45 bits per heavy atom. The molecule has 0 heterocycles. The molecule has 5 heteroatoms. The van der Waals surface area contributed by atoms with E-state index in [0.29, 0.717) is 6.54 Å². The topological polar surface area (TPSA) is 69.6 Å². The largest absolute Gasteiger partial charge is 0.481 e. The summed E-state index contributed by atoms with van der Waals surface area (Å²) >= 11 is 0. The number of rotatable bonds is 5. The molecule has 1 aliphatic carbocycles. The number of urea groups is 1. The van der Waals surface area contributed by atoms with E-state index >= 15 is 0 Å². The standard InChI is InChI=1S/C15H28N2O3/c1-5-17(10-11(2)13(18)19)14(20)16-12-7-6-8-15(3,4)9-12/h11-12H,5-10H2,1-4H3,(H,16,20)(H,18,19). The first kappa shape index (κ1) is 16.8. The average molecular weight is 284 g/mol. The van der Waals surface area contributed by atoms with Crippen molar-refractivity contribution in [1.29, 1.82) is 0 Å². The SMILES string of the molecule is CCN(CC(C)C(=O)O)C(=O)NC1CCCC(C)(C)C1. The first-order valence-corrected chi connectivity index (χ1v) is 7.53. The number of aliphatic carboxylic acids is 1. The lowest BCUT2D eigenvalue weighted by molar-refractivity contribution is -0.141. The van der Waals surface area contributed by atoms with Gasteiger partial charge < -0.3 is 15.3 Å². The van der Waals surface area contributed by atoms with Gasteiger partial charge in [0.05, 0.1) is 5.92 Å². The zero-order valence-corrected chi connectivity index (χ0v) is 13.1. The van der Waals surface area contributed by atoms with Gasteiger partial charge in [-0.25, -0.2) is 4.79 Å². The molecule has 1 fully saturated rings. The second-order valence-corrected chi connectivity index (χ2v) is 6.68. The van der Waals surface area contributed by atoms with E-state index in [-0.39, 0.29) is 24.0 Å². The van der Waals surface area contributed by atoms with Crippen LogP contribution in [0.15, 0.2) is 0 Å². The first-order valence-electron chi connectivity index (χ1n) is 7.53. The van der Waals surface area contributed by atoms with Crippen LogP contribution in [-0.2, 0) is 4.79 Å². The molecule has 20 heavy (non-hydrogen) atoms. The van der Waals surface area contributed by atoms with Gasteiger partial charge >= 0.3 is 12.0 Å². The quantitative estimate of drug-likeness (QED) is 0.815. The molecule has 116 valence electrons. The zero-order chi connectivity index (χ0) is 15.3. The molecule has 0 aliphatic heterocycles. The van der Waals surface area contributed by atoms with Crippen molar-refractivity contribution in [1.82, 2.24) is 10.2 Å². The zero-order valence-electron chi connectivity index (χ0n) is 13.1. The molecule has 0 aromatic carbocycles. The Morgan fingerprint density at radius 3 is 2.60 bits per heavy atom. The Bertz CT molecular complexity index is 355. The molecule has 1 aliphatic rings. The van der Waals surface area contributed by atoms with Gasteiger partial charge in [-0.05, 0) is 31.6 Å². The summed E-state index contributed by atoms with van der Waals surface area (Å²) in [5.41, 5.74) is 0.279. The number of hydrogen-bond acceptors (Lipinski definition) is 2. The third kappa shape index (κ3) is 5.02. The van der Waals surface area contributed by atoms with E-state index in [2.05, 4.69) is 19.2 Å². The summed E-state index contributed by atoms with van der Waals surface area (Å²) in [7, 11) is 0. The molecule has 1 saturated carbocycles. The van der Waals surface area contributed by atoms with Crippen molar-refractivity contribution in [2.45, 2.75) is 59.4 Å². The van der Waals surface area contributed by atoms with E-state index < -0.39 is 11.9 Å². The third-order valence-corrected chi connectivity index (χ3v) is 4.12. The highest BCUT2D eigenvalue weighted by atomic mass is 16.4. The van der Waals surface area contributed by atoms with Crippen LogP contribution in [0, 0.1) is 11.3 Å². The van der Waals surface area contributed by atoms with E-state index in [9.17, 15) is 9.59 Å². The Labute approximate surface area is 121 Å². The van der Waals surface area contributed by atoms with Crippen LogP contribution >= 0.6 is 0 Å². The van der Waals surface area contributed by atoms with Crippen LogP contribution in [0.5, 0.6) is 0 Å². The minimum absolute atomic E-state index is 0.136. The van der Waals surface area contributed by atoms with Gasteiger partial charge in [-0.1, -0.05) is 27.2 Å². The maximum atomic E-state index is 12.2. The highest BCUT2D eigenvalue weighted by Gasteiger charge is 2.30. The van der Waals surface area contributed by atoms with Crippen molar-refractivity contribution in [2.24, 2.45) is 11.3 Å². The number of carboxylic acid groups (broad SMARTS) is 1. The number of carboxylic acids is 1. The number of nitrogens with zero attached hydrogens (tertiary/aromatic N) is 1. The normalized spacial score (nSPS) is 22.9. The Kier molecular flexibility index (Phi) is 5.84. The number of carbonyl (C=O) groups is 2. The Morgan fingerprint density at radius 2 is 2.10 bits per heavy atom. The fourth-order valence-electron chi connectivity index (χ4n) is 2.85. The van der Waals surface area contributed by atoms with Crippen LogP contribution in [0.4, 0.5) is 4.79 Å². The summed E-state index contributed by atoms with van der Waals surface area (Å²) in [6.45, 7) is 8.75. The summed E-state index contributed by atoms with van der Waals surface area (Å²) in [6.07, 6.45) is 4.34. The molecular weight excluding hydrogens is 256 g/mol. The Hall–Kier alpha value is -1.26. The minimum atomic E-state index is -0.866. The molecule has 2 atom stereocenters. The average Bonchev–Trinajstić information content (AvgIpc) is 2.33. The summed E-state index contributed by atoms with van der Waals surface area (Å²) in [5.74, 6) is -1.40. The van der Waals surface area contributed by atoms with Crippen LogP contribution in [0.3, 0.4) is 0 Å². The van der Waals surface area contributed by atoms with Crippen molar-refractivity contribution in [3.8, 4) is 0 Å². The molecule has 0 spiro atoms. The van der Waals surface area contributed by atoms with Crippen LogP contribution in [-0.4, -0.2) is 41.1 Å². The molecule has 2 amide bonds. The van der Waals surface area contributed by atoms with Crippen molar-refractivity contribution in [2.75, 3.05) is 13.1 Å². The highest BCUT2D eigenvalue weighted by molar-refractivity contribution is 5.76. The minimum Gasteiger partial charge on any atom is -0.481 e. The predicted octanol–water partition coefficient (Wildman–Crippen LogP) is 2.71. The number of amides is 2. The smallest absolute Gasteiger partial charge is 0.317 e. The fourth-order valence-corrected chi connectivity index (χ4v) is 2.85. The molecule has 0 radical (unpaired) electrons. The lowest BCUT2D eigenvalue weighted by Crippen LogP contribution is -2.48. The molecule has 0 aromatic heterocycles. The number of nitrogens with one attached hydrogen (secondary N) is 1. The maximum Gasteiger partial charge on any atom is 0.317 e. The molecule has 0 bridgehead atoms. The second kappa shape index (κ2) is 6.95. The lowest BCUT2D eigenvalue weighted by Gasteiger charge is -2.36. The van der Waals surface area contributed by atoms with Crippen molar-refractivity contribution in [3.63, 3.8) is 0 Å². The maximum absolute atomic E-state index is 12.2. The summed E-state index contributed by atoms with van der Waals surface area (Å²) in [4.78, 5) is 24.7. The van der Waals surface area contributed by atoms with Crippen molar-refractivity contribution < 1.29 is 14.7 Å². The molecule has 1 rings (SSSR count). The van der Waals surface area contributed by atoms with Crippen LogP contribution in [0.25, 0.3) is 0 Å². The number of carbonyl (C=O) groups excluding carboxylic acids is 1. The highest BCUT2D eigenvalue weighted by Crippen LogP contribution is 2.35. The molecule has 5 nitrogen and oxygen atoms in total. The van der Waals surface area contributed by atoms with Gasteiger partial charge in [0, 0.05) is 19.1 Å². The van der Waals surface area contributed by atoms with E-state index in [4.69, 9.17) is 5.11 Å². The van der Waals surface area contributed by atoms with Crippen LogP contribution in [0.1, 0.15) is 53.4 Å². The molecule has 2 N–H and O–H groups in total. The van der Waals surface area contributed by atoms with E-state index in [1.165, 1.54) is 6.42 Å². The molecule has 0 aromatic rings. The van der Waals surface area contributed by atoms with Gasteiger partial charge in [-0.3, -0.25) is 4.79 Å². The predicted molar refractivity (Wildman–Crippen MR) is 78.6 cm³/mol. The monoisotopic (exact) mass is 284 g/mol. The molecule has 0 saturated heterocycles. The molecule has 2 unspecified atom stereocenters. The first-order chi connectivity index (χ1) is 9.25. The van der Waals surface area contributed by atoms with Crippen molar-refractivity contribution in [3.05, 3.63) is 0 Å². The van der Waals surface area contributed by atoms with Gasteiger partial charge in [0.1, 0.15) is 0 Å². The second-order valence-electron chi connectivity index (χ2n) is 6.68. The van der Waals surface area contributed by atoms with Crippen molar-refractivity contribution >= 4 is 12.0 Å². The Balaban J connectivity index is 2.52. The third-order valence-electron chi connectivity index (χ3n) is 4.12. The van der Waals surface area contributed by atoms with E-state index in [0.717, 1.165) is 19.3 Å². The van der Waals surface area contributed by atoms with Gasteiger partial charge in [-0.15, -0.1) is 0 Å². The van der Waals surface area contributed by atoms with Crippen LogP contribution in [0.2, 0.25) is 0 Å². The van der Waals surface area contributed by atoms with Gasteiger partial charge in [0.2, 0.25) is 0 Å². The van der Waals surface area contributed by atoms with Gasteiger partial charge in [0.25, 0.3) is 0 Å².